The Balaban J connectivity index is 2.02. The van der Waals surface area contributed by atoms with Gasteiger partial charge in [-0.2, -0.15) is 0 Å². The van der Waals surface area contributed by atoms with E-state index in [-0.39, 0.29) is 6.04 Å². The first-order valence-electron chi connectivity index (χ1n) is 7.62. The van der Waals surface area contributed by atoms with Gasteiger partial charge in [0.1, 0.15) is 11.5 Å². The number of thiocarbonyl (C=S) groups is 1. The SMILES string of the molecule is CC[C@H](NC(=S)Nc1ccc(OC)c(Cl)c1)c1ccc(OC)cc1. The molecule has 0 aliphatic heterocycles. The van der Waals surface area contributed by atoms with E-state index in [1.54, 1.807) is 26.4 Å². The molecule has 0 radical (unpaired) electrons. The molecule has 0 amide bonds. The van der Waals surface area contributed by atoms with E-state index in [2.05, 4.69) is 17.6 Å². The number of anilines is 1. The van der Waals surface area contributed by atoms with E-state index in [4.69, 9.17) is 33.3 Å². The number of methoxy groups -OCH3 is 2. The van der Waals surface area contributed by atoms with Crippen molar-refractivity contribution in [3.63, 3.8) is 0 Å². The average molecular weight is 365 g/mol. The Labute approximate surface area is 153 Å². The van der Waals surface area contributed by atoms with E-state index in [9.17, 15) is 0 Å². The molecule has 2 aromatic carbocycles. The highest BCUT2D eigenvalue weighted by atomic mass is 35.5. The third kappa shape index (κ3) is 4.76. The standard InChI is InChI=1S/C18H21ClN2O2S/c1-4-16(12-5-8-14(22-2)9-6-12)21-18(24)20-13-7-10-17(23-3)15(19)11-13/h5-11,16H,4H2,1-3H3,(H2,20,21,24)/t16-/m0/s1. The molecule has 2 aromatic rings. The van der Waals surface area contributed by atoms with E-state index < -0.39 is 0 Å². The molecule has 128 valence electrons. The summed E-state index contributed by atoms with van der Waals surface area (Å²) in [4.78, 5) is 0. The summed E-state index contributed by atoms with van der Waals surface area (Å²) in [6, 6.07) is 13.5. The molecule has 0 unspecified atom stereocenters. The van der Waals surface area contributed by atoms with E-state index in [1.807, 2.05) is 30.3 Å². The number of halogens is 1. The molecule has 2 rings (SSSR count). The molecule has 2 N–H and O–H groups in total. The van der Waals surface area contributed by atoms with Crippen LogP contribution >= 0.6 is 23.8 Å². The summed E-state index contributed by atoms with van der Waals surface area (Å²) in [6.07, 6.45) is 0.900. The van der Waals surface area contributed by atoms with Gasteiger partial charge >= 0.3 is 0 Å². The molecule has 0 saturated carbocycles. The smallest absolute Gasteiger partial charge is 0.171 e. The van der Waals surface area contributed by atoms with Crippen LogP contribution in [0.25, 0.3) is 0 Å². The van der Waals surface area contributed by atoms with Gasteiger partial charge in [0.25, 0.3) is 0 Å². The lowest BCUT2D eigenvalue weighted by molar-refractivity contribution is 0.414. The van der Waals surface area contributed by atoms with Crippen molar-refractivity contribution in [2.75, 3.05) is 19.5 Å². The maximum absolute atomic E-state index is 6.13. The van der Waals surface area contributed by atoms with Gasteiger partial charge in [-0.1, -0.05) is 30.7 Å². The topological polar surface area (TPSA) is 42.5 Å². The normalized spacial score (nSPS) is 11.5. The summed E-state index contributed by atoms with van der Waals surface area (Å²) in [7, 11) is 3.24. The van der Waals surface area contributed by atoms with Crippen LogP contribution in [0.3, 0.4) is 0 Å². The van der Waals surface area contributed by atoms with Crippen molar-refractivity contribution >= 4 is 34.6 Å². The van der Waals surface area contributed by atoms with Gasteiger partial charge < -0.3 is 20.1 Å². The van der Waals surface area contributed by atoms with Crippen molar-refractivity contribution in [2.45, 2.75) is 19.4 Å². The predicted molar refractivity (Wildman–Crippen MR) is 103 cm³/mol. The fourth-order valence-corrected chi connectivity index (χ4v) is 2.84. The molecule has 1 atom stereocenters. The predicted octanol–water partition coefficient (Wildman–Crippen LogP) is 4.79. The van der Waals surface area contributed by atoms with Gasteiger partial charge in [0, 0.05) is 5.69 Å². The van der Waals surface area contributed by atoms with Crippen LogP contribution in [-0.4, -0.2) is 19.3 Å². The highest BCUT2D eigenvalue weighted by Crippen LogP contribution is 2.27. The van der Waals surface area contributed by atoms with Crippen LogP contribution in [0.2, 0.25) is 5.02 Å². The Morgan fingerprint density at radius 2 is 1.83 bits per heavy atom. The molecule has 0 spiro atoms. The summed E-state index contributed by atoms with van der Waals surface area (Å²) in [5.74, 6) is 1.47. The zero-order chi connectivity index (χ0) is 17.5. The van der Waals surface area contributed by atoms with Crippen molar-refractivity contribution in [3.05, 3.63) is 53.1 Å². The van der Waals surface area contributed by atoms with Crippen LogP contribution in [-0.2, 0) is 0 Å². The minimum atomic E-state index is 0.115. The van der Waals surface area contributed by atoms with Crippen LogP contribution in [0.1, 0.15) is 24.9 Å². The number of benzene rings is 2. The minimum Gasteiger partial charge on any atom is -0.497 e. The zero-order valence-corrected chi connectivity index (χ0v) is 15.5. The Morgan fingerprint density at radius 3 is 2.38 bits per heavy atom. The number of rotatable bonds is 6. The summed E-state index contributed by atoms with van der Waals surface area (Å²) in [5, 5.41) is 7.54. The molecule has 24 heavy (non-hydrogen) atoms. The fraction of sp³-hybridized carbons (Fsp3) is 0.278. The summed E-state index contributed by atoms with van der Waals surface area (Å²) >= 11 is 11.5. The van der Waals surface area contributed by atoms with Crippen molar-refractivity contribution in [1.29, 1.82) is 0 Å². The molecule has 6 heteroatoms. The first-order valence-corrected chi connectivity index (χ1v) is 8.41. The van der Waals surface area contributed by atoms with E-state index in [0.29, 0.717) is 15.9 Å². The Kier molecular flexibility index (Phi) is 6.70. The first kappa shape index (κ1) is 18.4. The van der Waals surface area contributed by atoms with Crippen LogP contribution < -0.4 is 20.1 Å². The molecule has 0 bridgehead atoms. The van der Waals surface area contributed by atoms with Gasteiger partial charge in [-0.3, -0.25) is 0 Å². The molecular weight excluding hydrogens is 344 g/mol. The largest absolute Gasteiger partial charge is 0.497 e. The lowest BCUT2D eigenvalue weighted by Crippen LogP contribution is -2.32. The summed E-state index contributed by atoms with van der Waals surface area (Å²) in [6.45, 7) is 2.11. The molecule has 0 aromatic heterocycles. The van der Waals surface area contributed by atoms with Crippen molar-refractivity contribution < 1.29 is 9.47 Å². The highest BCUT2D eigenvalue weighted by molar-refractivity contribution is 7.80. The Morgan fingerprint density at radius 1 is 1.12 bits per heavy atom. The molecule has 0 aliphatic rings. The van der Waals surface area contributed by atoms with Gasteiger partial charge in [-0.15, -0.1) is 0 Å². The monoisotopic (exact) mass is 364 g/mol. The minimum absolute atomic E-state index is 0.115. The average Bonchev–Trinajstić information content (AvgIpc) is 2.60. The molecule has 4 nitrogen and oxygen atoms in total. The van der Waals surface area contributed by atoms with Gasteiger partial charge in [-0.25, -0.2) is 0 Å². The number of ether oxygens (including phenoxy) is 2. The van der Waals surface area contributed by atoms with E-state index in [1.165, 1.54) is 0 Å². The molecule has 0 heterocycles. The van der Waals surface area contributed by atoms with Gasteiger partial charge in [-0.05, 0) is 54.5 Å². The van der Waals surface area contributed by atoms with E-state index >= 15 is 0 Å². The quantitative estimate of drug-likeness (QED) is 0.721. The molecule has 0 saturated heterocycles. The molecular formula is C18H21ClN2O2S. The first-order chi connectivity index (χ1) is 11.6. The van der Waals surface area contributed by atoms with Crippen molar-refractivity contribution in [2.24, 2.45) is 0 Å². The maximum atomic E-state index is 6.13. The lowest BCUT2D eigenvalue weighted by Gasteiger charge is -2.20. The van der Waals surface area contributed by atoms with Crippen LogP contribution in [0.4, 0.5) is 5.69 Å². The second-order valence-electron chi connectivity index (χ2n) is 5.18. The van der Waals surface area contributed by atoms with Crippen molar-refractivity contribution in [3.8, 4) is 11.5 Å². The molecule has 0 aliphatic carbocycles. The van der Waals surface area contributed by atoms with E-state index in [0.717, 1.165) is 23.4 Å². The van der Waals surface area contributed by atoms with Gasteiger partial charge in [0.05, 0.1) is 25.3 Å². The fourth-order valence-electron chi connectivity index (χ4n) is 2.33. The summed E-state index contributed by atoms with van der Waals surface area (Å²) < 4.78 is 10.3. The zero-order valence-electron chi connectivity index (χ0n) is 13.9. The highest BCUT2D eigenvalue weighted by Gasteiger charge is 2.11. The third-order valence-electron chi connectivity index (χ3n) is 3.64. The summed E-state index contributed by atoms with van der Waals surface area (Å²) in [5.41, 5.74) is 1.96. The van der Waals surface area contributed by atoms with Crippen LogP contribution in [0.5, 0.6) is 11.5 Å². The Bertz CT molecular complexity index is 692. The van der Waals surface area contributed by atoms with Crippen molar-refractivity contribution in [1.82, 2.24) is 5.32 Å². The second-order valence-corrected chi connectivity index (χ2v) is 6.00. The molecule has 0 fully saturated rings. The Hall–Kier alpha value is -1.98. The van der Waals surface area contributed by atoms with Crippen LogP contribution in [0.15, 0.2) is 42.5 Å². The van der Waals surface area contributed by atoms with Gasteiger partial charge in [0.15, 0.2) is 5.11 Å². The van der Waals surface area contributed by atoms with Crippen LogP contribution in [0, 0.1) is 0 Å². The number of hydrogen-bond acceptors (Lipinski definition) is 3. The lowest BCUT2D eigenvalue weighted by atomic mass is 10.0. The maximum Gasteiger partial charge on any atom is 0.171 e. The third-order valence-corrected chi connectivity index (χ3v) is 4.16. The number of hydrogen-bond donors (Lipinski definition) is 2. The number of nitrogens with one attached hydrogen (secondary N) is 2. The van der Waals surface area contributed by atoms with Gasteiger partial charge in [0.2, 0.25) is 0 Å². The second kappa shape index (κ2) is 8.76.